The first-order valence-electron chi connectivity index (χ1n) is 8.30. The average molecular weight is 359 g/mol. The number of likely N-dealkylation sites (N-methyl/N-ethyl adjacent to an activating group) is 1. The van der Waals surface area contributed by atoms with Crippen LogP contribution in [0, 0.1) is 11.6 Å². The summed E-state index contributed by atoms with van der Waals surface area (Å²) >= 11 is 0. The van der Waals surface area contributed by atoms with E-state index in [0.717, 1.165) is 24.2 Å². The molecular formula is C19H19F2N3O2. The molecule has 0 aliphatic carbocycles. The number of carbonyl (C=O) groups excluding carboxylic acids is 2. The summed E-state index contributed by atoms with van der Waals surface area (Å²) in [5.41, 5.74) is 1.82. The van der Waals surface area contributed by atoms with E-state index in [0.29, 0.717) is 24.3 Å². The van der Waals surface area contributed by atoms with Crippen molar-refractivity contribution in [1.29, 1.82) is 0 Å². The van der Waals surface area contributed by atoms with Gasteiger partial charge in [-0.1, -0.05) is 0 Å². The Hall–Kier alpha value is -2.96. The fraction of sp³-hybridized carbons (Fsp3) is 0.263. The van der Waals surface area contributed by atoms with Crippen molar-refractivity contribution in [3.8, 4) is 0 Å². The highest BCUT2D eigenvalue weighted by atomic mass is 19.2. The zero-order chi connectivity index (χ0) is 18.7. The van der Waals surface area contributed by atoms with Gasteiger partial charge in [0.25, 0.3) is 0 Å². The molecule has 0 spiro atoms. The fourth-order valence-electron chi connectivity index (χ4n) is 2.88. The molecule has 0 radical (unpaired) electrons. The van der Waals surface area contributed by atoms with Gasteiger partial charge in [0.15, 0.2) is 11.6 Å². The Labute approximate surface area is 150 Å². The third kappa shape index (κ3) is 3.99. The van der Waals surface area contributed by atoms with Gasteiger partial charge in [0.1, 0.15) is 0 Å². The van der Waals surface area contributed by atoms with E-state index >= 15 is 0 Å². The van der Waals surface area contributed by atoms with E-state index in [9.17, 15) is 18.4 Å². The molecule has 2 aromatic carbocycles. The Kier molecular flexibility index (Phi) is 5.16. The number of rotatable bonds is 5. The van der Waals surface area contributed by atoms with Crippen LogP contribution >= 0.6 is 0 Å². The number of nitrogens with zero attached hydrogens (tertiary/aromatic N) is 2. The Morgan fingerprint density at radius 2 is 1.88 bits per heavy atom. The minimum absolute atomic E-state index is 0.0164. The first-order valence-corrected chi connectivity index (χ1v) is 8.30. The van der Waals surface area contributed by atoms with Crippen molar-refractivity contribution >= 4 is 28.9 Å². The largest absolute Gasteiger partial charge is 0.365 e. The molecule has 0 saturated carbocycles. The monoisotopic (exact) mass is 359 g/mol. The quantitative estimate of drug-likeness (QED) is 0.892. The molecule has 3 rings (SSSR count). The number of benzene rings is 2. The fourth-order valence-corrected chi connectivity index (χ4v) is 2.88. The summed E-state index contributed by atoms with van der Waals surface area (Å²) in [6.07, 6.45) is 1.42. The molecule has 0 bridgehead atoms. The maximum Gasteiger partial charge on any atom is 0.243 e. The minimum atomic E-state index is -0.957. The lowest BCUT2D eigenvalue weighted by atomic mass is 10.2. The third-order valence-corrected chi connectivity index (χ3v) is 4.26. The summed E-state index contributed by atoms with van der Waals surface area (Å²) in [5.74, 6) is -2.07. The van der Waals surface area contributed by atoms with Crippen LogP contribution in [0.3, 0.4) is 0 Å². The van der Waals surface area contributed by atoms with Crippen LogP contribution in [0.1, 0.15) is 12.8 Å². The number of halogens is 2. The van der Waals surface area contributed by atoms with E-state index in [4.69, 9.17) is 0 Å². The SMILES string of the molecule is CN(CC(=O)Nc1ccc(N2CCCC2=O)cc1)c1ccc(F)c(F)c1. The standard InChI is InChI=1S/C19H19F2N3O2/c1-23(15-8-9-16(20)17(21)11-15)12-18(25)22-13-4-6-14(7-5-13)24-10-2-3-19(24)26/h4-9,11H,2-3,10,12H2,1H3,(H,22,25). The molecule has 1 aliphatic rings. The molecule has 26 heavy (non-hydrogen) atoms. The molecule has 1 N–H and O–H groups in total. The van der Waals surface area contributed by atoms with Gasteiger partial charge in [-0.2, -0.15) is 0 Å². The first kappa shape index (κ1) is 17.8. The van der Waals surface area contributed by atoms with Crippen molar-refractivity contribution in [2.45, 2.75) is 12.8 Å². The number of amides is 2. The second kappa shape index (κ2) is 7.51. The topological polar surface area (TPSA) is 52.7 Å². The summed E-state index contributed by atoms with van der Waals surface area (Å²) in [4.78, 5) is 27.1. The average Bonchev–Trinajstić information content (AvgIpc) is 3.04. The molecule has 1 heterocycles. The lowest BCUT2D eigenvalue weighted by Gasteiger charge is -2.19. The van der Waals surface area contributed by atoms with Crippen molar-refractivity contribution in [3.63, 3.8) is 0 Å². The maximum atomic E-state index is 13.3. The summed E-state index contributed by atoms with van der Waals surface area (Å²) in [6.45, 7) is 0.695. The Morgan fingerprint density at radius 3 is 2.50 bits per heavy atom. The van der Waals surface area contributed by atoms with Crippen LogP contribution in [0.5, 0.6) is 0 Å². The molecule has 2 aromatic rings. The Balaban J connectivity index is 1.59. The van der Waals surface area contributed by atoms with Crippen LogP contribution < -0.4 is 15.1 Å². The van der Waals surface area contributed by atoms with Crippen LogP contribution in [0.4, 0.5) is 25.8 Å². The molecule has 5 nitrogen and oxygen atoms in total. The van der Waals surface area contributed by atoms with E-state index in [2.05, 4.69) is 5.32 Å². The molecule has 1 aliphatic heterocycles. The van der Waals surface area contributed by atoms with Gasteiger partial charge >= 0.3 is 0 Å². The summed E-state index contributed by atoms with van der Waals surface area (Å²) < 4.78 is 26.3. The van der Waals surface area contributed by atoms with Gasteiger partial charge in [-0.3, -0.25) is 9.59 Å². The van der Waals surface area contributed by atoms with Crippen molar-refractivity contribution in [1.82, 2.24) is 0 Å². The van der Waals surface area contributed by atoms with E-state index < -0.39 is 11.6 Å². The molecular weight excluding hydrogens is 340 g/mol. The summed E-state index contributed by atoms with van der Waals surface area (Å²) in [7, 11) is 1.62. The highest BCUT2D eigenvalue weighted by Crippen LogP contribution is 2.23. The molecule has 0 unspecified atom stereocenters. The van der Waals surface area contributed by atoms with Crippen molar-refractivity contribution in [2.75, 3.05) is 35.3 Å². The number of hydrogen-bond donors (Lipinski definition) is 1. The summed E-state index contributed by atoms with van der Waals surface area (Å²) in [5, 5.41) is 2.75. The minimum Gasteiger partial charge on any atom is -0.365 e. The molecule has 1 saturated heterocycles. The number of carbonyl (C=O) groups is 2. The molecule has 0 aromatic heterocycles. The van der Waals surface area contributed by atoms with Gasteiger partial charge < -0.3 is 15.1 Å². The van der Waals surface area contributed by atoms with Gasteiger partial charge in [0.2, 0.25) is 11.8 Å². The number of nitrogens with one attached hydrogen (secondary N) is 1. The van der Waals surface area contributed by atoms with Gasteiger partial charge in [-0.15, -0.1) is 0 Å². The Bertz CT molecular complexity index is 824. The highest BCUT2D eigenvalue weighted by Gasteiger charge is 2.21. The lowest BCUT2D eigenvalue weighted by molar-refractivity contribution is -0.117. The molecule has 2 amide bonds. The van der Waals surface area contributed by atoms with E-state index in [1.165, 1.54) is 11.0 Å². The zero-order valence-electron chi connectivity index (χ0n) is 14.3. The summed E-state index contributed by atoms with van der Waals surface area (Å²) in [6, 6.07) is 10.5. The van der Waals surface area contributed by atoms with E-state index in [1.807, 2.05) is 0 Å². The van der Waals surface area contributed by atoms with Gasteiger partial charge in [-0.05, 0) is 42.8 Å². The second-order valence-corrected chi connectivity index (χ2v) is 6.20. The van der Waals surface area contributed by atoms with Crippen molar-refractivity contribution in [3.05, 3.63) is 54.1 Å². The molecule has 1 fully saturated rings. The predicted octanol–water partition coefficient (Wildman–Crippen LogP) is 3.17. The number of hydrogen-bond acceptors (Lipinski definition) is 3. The van der Waals surface area contributed by atoms with Gasteiger partial charge in [0, 0.05) is 43.1 Å². The van der Waals surface area contributed by atoms with Crippen LogP contribution in [0.25, 0.3) is 0 Å². The van der Waals surface area contributed by atoms with Gasteiger partial charge in [0.05, 0.1) is 6.54 Å². The van der Waals surface area contributed by atoms with Crippen molar-refractivity contribution < 1.29 is 18.4 Å². The third-order valence-electron chi connectivity index (χ3n) is 4.26. The van der Waals surface area contributed by atoms with Crippen LogP contribution in [0.15, 0.2) is 42.5 Å². The molecule has 7 heteroatoms. The normalized spacial score (nSPS) is 13.8. The number of anilines is 3. The van der Waals surface area contributed by atoms with E-state index in [-0.39, 0.29) is 18.4 Å². The molecule has 136 valence electrons. The molecule has 0 atom stereocenters. The highest BCUT2D eigenvalue weighted by molar-refractivity contribution is 5.96. The predicted molar refractivity (Wildman–Crippen MR) is 96.3 cm³/mol. The zero-order valence-corrected chi connectivity index (χ0v) is 14.3. The first-order chi connectivity index (χ1) is 12.4. The van der Waals surface area contributed by atoms with E-state index in [1.54, 1.807) is 36.2 Å². The maximum absolute atomic E-state index is 13.3. The van der Waals surface area contributed by atoms with Crippen molar-refractivity contribution in [2.24, 2.45) is 0 Å². The van der Waals surface area contributed by atoms with Crippen LogP contribution in [0.2, 0.25) is 0 Å². The van der Waals surface area contributed by atoms with Crippen LogP contribution in [-0.4, -0.2) is 32.0 Å². The second-order valence-electron chi connectivity index (χ2n) is 6.20. The van der Waals surface area contributed by atoms with Crippen LogP contribution in [-0.2, 0) is 9.59 Å². The lowest BCUT2D eigenvalue weighted by Crippen LogP contribution is -2.30. The Morgan fingerprint density at radius 1 is 1.15 bits per heavy atom. The van der Waals surface area contributed by atoms with Gasteiger partial charge in [-0.25, -0.2) is 8.78 Å². The smallest absolute Gasteiger partial charge is 0.243 e.